The molecule has 0 aromatic heterocycles. The molecule has 132 valence electrons. The van der Waals surface area contributed by atoms with E-state index in [0.717, 1.165) is 11.1 Å². The van der Waals surface area contributed by atoms with Gasteiger partial charge in [-0.05, 0) is 11.1 Å². The summed E-state index contributed by atoms with van der Waals surface area (Å²) in [6, 6.07) is 18.7. The van der Waals surface area contributed by atoms with Crippen molar-refractivity contribution in [3.63, 3.8) is 0 Å². The number of cyclic esters (lactones) is 1. The maximum absolute atomic E-state index is 14.5. The molecule has 1 heterocycles. The topological polar surface area (TPSA) is 44.8 Å². The van der Waals surface area contributed by atoms with E-state index >= 15 is 0 Å². The highest BCUT2D eigenvalue weighted by Crippen LogP contribution is 2.37. The molecule has 0 spiro atoms. The van der Waals surface area contributed by atoms with Crippen molar-refractivity contribution >= 4 is 17.6 Å². The van der Waals surface area contributed by atoms with Gasteiger partial charge >= 0.3 is 11.1 Å². The Kier molecular flexibility index (Phi) is 5.68. The highest BCUT2D eigenvalue weighted by molar-refractivity contribution is 6.33. The van der Waals surface area contributed by atoms with Crippen LogP contribution < -0.4 is 0 Å². The first-order valence-corrected chi connectivity index (χ1v) is 8.31. The molecule has 3 rings (SSSR count). The summed E-state index contributed by atoms with van der Waals surface area (Å²) >= 11 is 5.72. The first kappa shape index (κ1) is 17.9. The third-order valence-corrected chi connectivity index (χ3v) is 4.26. The Morgan fingerprint density at radius 1 is 1.00 bits per heavy atom. The Bertz CT molecular complexity index is 693. The molecule has 25 heavy (non-hydrogen) atoms. The van der Waals surface area contributed by atoms with Gasteiger partial charge in [-0.2, -0.15) is 0 Å². The summed E-state index contributed by atoms with van der Waals surface area (Å²) < 4.78 is 30.6. The highest BCUT2D eigenvalue weighted by Gasteiger charge is 2.59. The molecule has 1 fully saturated rings. The molecule has 1 saturated heterocycles. The number of hydrogen-bond acceptors (Lipinski definition) is 4. The number of halogens is 2. The van der Waals surface area contributed by atoms with Gasteiger partial charge in [0.25, 0.3) is 0 Å². The summed E-state index contributed by atoms with van der Waals surface area (Å²) in [4.78, 5) is 11.7. The molecule has 0 aliphatic carbocycles. The molecule has 1 aliphatic heterocycles. The zero-order valence-corrected chi connectivity index (χ0v) is 14.2. The number of alkyl halides is 2. The Morgan fingerprint density at radius 2 is 1.56 bits per heavy atom. The maximum atomic E-state index is 14.5. The Morgan fingerprint density at radius 3 is 2.16 bits per heavy atom. The molecule has 2 aromatic carbocycles. The van der Waals surface area contributed by atoms with E-state index in [4.69, 9.17) is 25.8 Å². The normalized spacial score (nSPS) is 25.8. The summed E-state index contributed by atoms with van der Waals surface area (Å²) in [7, 11) is 0. The lowest BCUT2D eigenvalue weighted by Crippen LogP contribution is -2.40. The van der Waals surface area contributed by atoms with Crippen molar-refractivity contribution in [1.29, 1.82) is 0 Å². The Balaban J connectivity index is 1.59. The van der Waals surface area contributed by atoms with E-state index < -0.39 is 23.3 Å². The zero-order chi connectivity index (χ0) is 17.7. The van der Waals surface area contributed by atoms with Crippen molar-refractivity contribution < 1.29 is 23.4 Å². The van der Waals surface area contributed by atoms with Crippen molar-refractivity contribution in [2.75, 3.05) is 6.61 Å². The number of hydrogen-bond donors (Lipinski definition) is 0. The van der Waals surface area contributed by atoms with Crippen LogP contribution in [0.15, 0.2) is 60.7 Å². The molecule has 6 heteroatoms. The minimum atomic E-state index is -2.71. The zero-order valence-electron chi connectivity index (χ0n) is 13.4. The average molecular weight is 365 g/mol. The molecular weight excluding hydrogens is 347 g/mol. The molecule has 4 nitrogen and oxygen atoms in total. The molecule has 0 amide bonds. The van der Waals surface area contributed by atoms with Crippen LogP contribution in [-0.2, 0) is 32.2 Å². The first-order chi connectivity index (χ1) is 12.1. The van der Waals surface area contributed by atoms with Crippen LogP contribution in [0.4, 0.5) is 4.39 Å². The van der Waals surface area contributed by atoms with Crippen molar-refractivity contribution in [3.8, 4) is 0 Å². The van der Waals surface area contributed by atoms with Gasteiger partial charge in [-0.15, -0.1) is 0 Å². The van der Waals surface area contributed by atoms with Gasteiger partial charge in [-0.25, -0.2) is 9.18 Å². The smallest absolute Gasteiger partial charge is 0.363 e. The lowest BCUT2D eigenvalue weighted by atomic mass is 10.1. The second-order valence-corrected chi connectivity index (χ2v) is 6.33. The minimum absolute atomic E-state index is 0.00151. The molecule has 0 unspecified atom stereocenters. The lowest BCUT2D eigenvalue weighted by Gasteiger charge is -2.21. The molecular formula is C19H18ClFO4. The molecule has 1 aliphatic rings. The van der Waals surface area contributed by atoms with Gasteiger partial charge in [-0.3, -0.25) is 0 Å². The van der Waals surface area contributed by atoms with Gasteiger partial charge in [0.15, 0.2) is 12.2 Å². The fourth-order valence-electron chi connectivity index (χ4n) is 2.59. The fourth-order valence-corrected chi connectivity index (χ4v) is 2.84. The number of carbonyl (C=O) groups excluding carboxylic acids is 1. The molecule has 0 N–H and O–H groups in total. The minimum Gasteiger partial charge on any atom is -0.454 e. The van der Waals surface area contributed by atoms with E-state index in [1.54, 1.807) is 0 Å². The van der Waals surface area contributed by atoms with Crippen LogP contribution in [0, 0.1) is 0 Å². The van der Waals surface area contributed by atoms with E-state index in [2.05, 4.69) is 0 Å². The van der Waals surface area contributed by atoms with Crippen LogP contribution in [0.25, 0.3) is 0 Å². The second kappa shape index (κ2) is 7.95. The molecule has 0 radical (unpaired) electrons. The summed E-state index contributed by atoms with van der Waals surface area (Å²) in [5.74, 6) is -1.14. The van der Waals surface area contributed by atoms with Crippen LogP contribution >= 0.6 is 11.6 Å². The van der Waals surface area contributed by atoms with Gasteiger partial charge < -0.3 is 14.2 Å². The highest BCUT2D eigenvalue weighted by atomic mass is 35.5. The summed E-state index contributed by atoms with van der Waals surface area (Å²) in [5, 5.41) is -2.71. The van der Waals surface area contributed by atoms with Crippen LogP contribution in [0.2, 0.25) is 0 Å². The van der Waals surface area contributed by atoms with Crippen molar-refractivity contribution in [2.45, 2.75) is 30.5 Å². The second-order valence-electron chi connectivity index (χ2n) is 5.78. The molecule has 0 saturated carbocycles. The van der Waals surface area contributed by atoms with E-state index in [0.29, 0.717) is 6.61 Å². The van der Waals surface area contributed by atoms with E-state index in [1.165, 1.54) is 0 Å². The van der Waals surface area contributed by atoms with Gasteiger partial charge in [-0.1, -0.05) is 72.3 Å². The number of rotatable bonds is 7. The van der Waals surface area contributed by atoms with Crippen LogP contribution in [0.3, 0.4) is 0 Å². The number of esters is 1. The first-order valence-electron chi connectivity index (χ1n) is 7.93. The monoisotopic (exact) mass is 364 g/mol. The largest absolute Gasteiger partial charge is 0.454 e. The van der Waals surface area contributed by atoms with Crippen LogP contribution in [0.5, 0.6) is 0 Å². The predicted octanol–water partition coefficient (Wildman–Crippen LogP) is 3.62. The van der Waals surface area contributed by atoms with E-state index in [1.807, 2.05) is 60.7 Å². The maximum Gasteiger partial charge on any atom is 0.363 e. The average Bonchev–Trinajstić information content (AvgIpc) is 2.84. The summed E-state index contributed by atoms with van der Waals surface area (Å²) in [5.41, 5.74) is 1.81. The molecule has 2 aromatic rings. The lowest BCUT2D eigenvalue weighted by molar-refractivity contribution is -0.148. The quantitative estimate of drug-likeness (QED) is 0.556. The molecule has 3 atom stereocenters. The third kappa shape index (κ3) is 4.37. The van der Waals surface area contributed by atoms with Crippen LogP contribution in [0.1, 0.15) is 11.1 Å². The van der Waals surface area contributed by atoms with Gasteiger partial charge in [0.1, 0.15) is 0 Å². The standard InChI is InChI=1S/C19H18ClFO4/c20-19(21)17(24-12-15-9-5-2-6-10-15)16(25-18(19)22)13-23-11-14-7-3-1-4-8-14/h1-10,16-17H,11-13H2/t16-,17-,19-/m1/s1. The SMILES string of the molecule is O=C1O[C@H](COCc2ccccc2)[C@@H](OCc2ccccc2)[C@]1(F)Cl. The number of carbonyl (C=O) groups is 1. The van der Waals surface area contributed by atoms with Gasteiger partial charge in [0.2, 0.25) is 0 Å². The van der Waals surface area contributed by atoms with E-state index in [-0.39, 0.29) is 13.2 Å². The van der Waals surface area contributed by atoms with Gasteiger partial charge in [0, 0.05) is 0 Å². The van der Waals surface area contributed by atoms with Crippen molar-refractivity contribution in [1.82, 2.24) is 0 Å². The fraction of sp³-hybridized carbons (Fsp3) is 0.316. The van der Waals surface area contributed by atoms with Gasteiger partial charge in [0.05, 0.1) is 19.8 Å². The predicted molar refractivity (Wildman–Crippen MR) is 90.7 cm³/mol. The van der Waals surface area contributed by atoms with Crippen molar-refractivity contribution in [3.05, 3.63) is 71.8 Å². The number of ether oxygens (including phenoxy) is 3. The van der Waals surface area contributed by atoms with E-state index in [9.17, 15) is 9.18 Å². The van der Waals surface area contributed by atoms with Crippen LogP contribution in [-0.4, -0.2) is 29.9 Å². The Labute approximate surface area is 150 Å². The molecule has 0 bridgehead atoms. The summed E-state index contributed by atoms with van der Waals surface area (Å²) in [6.45, 7) is 0.441. The number of benzene rings is 2. The van der Waals surface area contributed by atoms with Crippen molar-refractivity contribution in [2.24, 2.45) is 0 Å². The third-order valence-electron chi connectivity index (χ3n) is 3.89. The summed E-state index contributed by atoms with van der Waals surface area (Å²) in [6.07, 6.45) is -2.14. The Hall–Kier alpha value is -1.95.